The maximum absolute atomic E-state index is 12.2. The zero-order chi connectivity index (χ0) is 17.6. The smallest absolute Gasteiger partial charge is 0.321 e. The summed E-state index contributed by atoms with van der Waals surface area (Å²) in [5, 5.41) is 0. The van der Waals surface area contributed by atoms with E-state index in [1.807, 2.05) is 43.3 Å². The second kappa shape index (κ2) is 7.95. The highest BCUT2D eigenvalue weighted by Crippen LogP contribution is 2.30. The van der Waals surface area contributed by atoms with Gasteiger partial charge in [-0.15, -0.1) is 0 Å². The van der Waals surface area contributed by atoms with Crippen molar-refractivity contribution in [2.75, 3.05) is 14.2 Å². The second-order valence-corrected chi connectivity index (χ2v) is 6.69. The molecule has 0 aliphatic heterocycles. The summed E-state index contributed by atoms with van der Waals surface area (Å²) in [5.41, 5.74) is 1.91. The number of carbonyl (C=O) groups excluding carboxylic acids is 2. The topological polar surface area (TPSA) is 52.6 Å². The summed E-state index contributed by atoms with van der Waals surface area (Å²) >= 11 is 0. The van der Waals surface area contributed by atoms with Crippen LogP contribution in [0.25, 0.3) is 0 Å². The molecule has 0 saturated carbocycles. The predicted molar refractivity (Wildman–Crippen MR) is 90.0 cm³/mol. The molecule has 1 rings (SSSR count). The molecule has 0 saturated heterocycles. The number of ether oxygens (including phenoxy) is 2. The van der Waals surface area contributed by atoms with Crippen LogP contribution in [0.1, 0.15) is 37.8 Å². The minimum Gasteiger partial charge on any atom is -0.468 e. The molecule has 0 aromatic heterocycles. The summed E-state index contributed by atoms with van der Waals surface area (Å²) in [4.78, 5) is 24.3. The Morgan fingerprint density at radius 2 is 1.48 bits per heavy atom. The van der Waals surface area contributed by atoms with E-state index in [9.17, 15) is 9.59 Å². The van der Waals surface area contributed by atoms with Gasteiger partial charge in [-0.05, 0) is 17.9 Å². The van der Waals surface area contributed by atoms with Gasteiger partial charge >= 0.3 is 11.9 Å². The molecule has 4 nitrogen and oxygen atoms in total. The minimum atomic E-state index is -1.02. The number of hydrogen-bond donors (Lipinski definition) is 0. The van der Waals surface area contributed by atoms with Gasteiger partial charge in [0.1, 0.15) is 0 Å². The van der Waals surface area contributed by atoms with Gasteiger partial charge in [0.05, 0.1) is 14.2 Å². The fraction of sp³-hybridized carbons (Fsp3) is 0.474. The van der Waals surface area contributed by atoms with Crippen LogP contribution >= 0.6 is 0 Å². The Hall–Kier alpha value is -2.10. The molecule has 23 heavy (non-hydrogen) atoms. The molecule has 0 heterocycles. The van der Waals surface area contributed by atoms with Crippen LogP contribution in [-0.2, 0) is 19.1 Å². The van der Waals surface area contributed by atoms with E-state index in [-0.39, 0.29) is 5.41 Å². The summed E-state index contributed by atoms with van der Waals surface area (Å²) < 4.78 is 9.64. The normalized spacial score (nSPS) is 13.2. The maximum atomic E-state index is 12.2. The molecule has 0 fully saturated rings. The average molecular weight is 318 g/mol. The van der Waals surface area contributed by atoms with Crippen LogP contribution in [0.2, 0.25) is 0 Å². The van der Waals surface area contributed by atoms with Crippen LogP contribution in [0.5, 0.6) is 0 Å². The van der Waals surface area contributed by atoms with E-state index < -0.39 is 23.8 Å². The number of hydrogen-bond acceptors (Lipinski definition) is 4. The van der Waals surface area contributed by atoms with Crippen molar-refractivity contribution in [3.05, 3.63) is 47.5 Å². The molecule has 1 unspecified atom stereocenters. The lowest BCUT2D eigenvalue weighted by Gasteiger charge is -2.23. The molecule has 4 heteroatoms. The number of allylic oxidation sites excluding steroid dienone is 2. The standard InChI is InChI=1S/C19H26O4/c1-13-7-9-14(10-8-13)15(11-12-19(2,3)4)16(17(20)22-5)18(21)23-6/h7-12,15-16H,1-6H3/b12-11+. The molecule has 1 aromatic carbocycles. The average Bonchev–Trinajstić information content (AvgIpc) is 2.50. The van der Waals surface area contributed by atoms with E-state index in [4.69, 9.17) is 9.47 Å². The molecule has 0 N–H and O–H groups in total. The van der Waals surface area contributed by atoms with Crippen molar-refractivity contribution in [1.82, 2.24) is 0 Å². The lowest BCUT2D eigenvalue weighted by Crippen LogP contribution is -2.31. The van der Waals surface area contributed by atoms with Crippen LogP contribution in [0, 0.1) is 18.3 Å². The molecule has 1 aromatic rings. The van der Waals surface area contributed by atoms with Gasteiger partial charge in [-0.25, -0.2) is 0 Å². The monoisotopic (exact) mass is 318 g/mol. The Morgan fingerprint density at radius 1 is 1.00 bits per heavy atom. The SMILES string of the molecule is COC(=O)C(C(=O)OC)C(/C=C/C(C)(C)C)c1ccc(C)cc1. The van der Waals surface area contributed by atoms with E-state index in [0.29, 0.717) is 0 Å². The lowest BCUT2D eigenvalue weighted by atomic mass is 9.83. The highest BCUT2D eigenvalue weighted by molar-refractivity contribution is 5.96. The number of aryl methyl sites for hydroxylation is 1. The number of esters is 2. The van der Waals surface area contributed by atoms with Crippen molar-refractivity contribution >= 4 is 11.9 Å². The Balaban J connectivity index is 3.35. The molecule has 0 aliphatic rings. The first-order valence-electron chi connectivity index (χ1n) is 7.61. The van der Waals surface area contributed by atoms with Gasteiger partial charge in [-0.2, -0.15) is 0 Å². The van der Waals surface area contributed by atoms with Crippen LogP contribution in [0.4, 0.5) is 0 Å². The summed E-state index contributed by atoms with van der Waals surface area (Å²) in [7, 11) is 2.55. The lowest BCUT2D eigenvalue weighted by molar-refractivity contribution is -0.159. The summed E-state index contributed by atoms with van der Waals surface area (Å²) in [6.07, 6.45) is 3.89. The maximum Gasteiger partial charge on any atom is 0.321 e. The largest absolute Gasteiger partial charge is 0.468 e. The summed E-state index contributed by atoms with van der Waals surface area (Å²) in [5.74, 6) is -2.65. The Morgan fingerprint density at radius 3 is 1.87 bits per heavy atom. The molecule has 0 spiro atoms. The Kier molecular flexibility index (Phi) is 6.55. The zero-order valence-corrected chi connectivity index (χ0v) is 14.8. The van der Waals surface area contributed by atoms with Crippen molar-refractivity contribution in [2.24, 2.45) is 11.3 Å². The predicted octanol–water partition coefficient (Wildman–Crippen LogP) is 3.64. The summed E-state index contributed by atoms with van der Waals surface area (Å²) in [6, 6.07) is 7.76. The minimum absolute atomic E-state index is 0.0697. The van der Waals surface area contributed by atoms with E-state index in [0.717, 1.165) is 11.1 Å². The zero-order valence-electron chi connectivity index (χ0n) is 14.8. The van der Waals surface area contributed by atoms with Gasteiger partial charge in [0.25, 0.3) is 0 Å². The molecule has 0 aliphatic carbocycles. The van der Waals surface area contributed by atoms with Crippen molar-refractivity contribution in [3.63, 3.8) is 0 Å². The third kappa shape index (κ3) is 5.55. The van der Waals surface area contributed by atoms with Crippen molar-refractivity contribution in [3.8, 4) is 0 Å². The number of benzene rings is 1. The fourth-order valence-corrected chi connectivity index (χ4v) is 2.24. The van der Waals surface area contributed by atoms with Crippen molar-refractivity contribution in [2.45, 2.75) is 33.6 Å². The Labute approximate surface area is 138 Å². The molecule has 1 atom stereocenters. The molecule has 0 bridgehead atoms. The Bertz CT molecular complexity index is 548. The second-order valence-electron chi connectivity index (χ2n) is 6.69. The molecule has 0 amide bonds. The van der Waals surface area contributed by atoms with E-state index in [2.05, 4.69) is 20.8 Å². The van der Waals surface area contributed by atoms with Gasteiger partial charge < -0.3 is 9.47 Å². The van der Waals surface area contributed by atoms with Gasteiger partial charge in [0.2, 0.25) is 0 Å². The van der Waals surface area contributed by atoms with Crippen LogP contribution in [-0.4, -0.2) is 26.2 Å². The molecule has 126 valence electrons. The van der Waals surface area contributed by atoms with Crippen molar-refractivity contribution in [1.29, 1.82) is 0 Å². The molecular formula is C19H26O4. The van der Waals surface area contributed by atoms with Crippen LogP contribution < -0.4 is 0 Å². The van der Waals surface area contributed by atoms with Gasteiger partial charge in [-0.3, -0.25) is 9.59 Å². The highest BCUT2D eigenvalue weighted by Gasteiger charge is 2.36. The number of carbonyl (C=O) groups is 2. The van der Waals surface area contributed by atoms with E-state index in [1.165, 1.54) is 14.2 Å². The first-order chi connectivity index (χ1) is 10.7. The fourth-order valence-electron chi connectivity index (χ4n) is 2.24. The number of rotatable bonds is 5. The quantitative estimate of drug-likeness (QED) is 0.472. The van der Waals surface area contributed by atoms with E-state index >= 15 is 0 Å². The summed E-state index contributed by atoms with van der Waals surface area (Å²) in [6.45, 7) is 8.16. The van der Waals surface area contributed by atoms with Gasteiger partial charge in [0, 0.05) is 5.92 Å². The van der Waals surface area contributed by atoms with Gasteiger partial charge in [-0.1, -0.05) is 62.8 Å². The molecule has 0 radical (unpaired) electrons. The van der Waals surface area contributed by atoms with E-state index in [1.54, 1.807) is 0 Å². The third-order valence-electron chi connectivity index (χ3n) is 3.54. The third-order valence-corrected chi connectivity index (χ3v) is 3.54. The van der Waals surface area contributed by atoms with Crippen LogP contribution in [0.3, 0.4) is 0 Å². The van der Waals surface area contributed by atoms with Gasteiger partial charge in [0.15, 0.2) is 5.92 Å². The highest BCUT2D eigenvalue weighted by atomic mass is 16.5. The molecular weight excluding hydrogens is 292 g/mol. The first kappa shape index (κ1) is 18.9. The van der Waals surface area contributed by atoms with Crippen molar-refractivity contribution < 1.29 is 19.1 Å². The number of methoxy groups -OCH3 is 2. The van der Waals surface area contributed by atoms with Crippen LogP contribution in [0.15, 0.2) is 36.4 Å². The first-order valence-corrected chi connectivity index (χ1v) is 7.61.